The molecule has 33 heavy (non-hydrogen) atoms. The molecule has 1 aromatic heterocycles. The monoisotopic (exact) mass is 442 g/mol. The van der Waals surface area contributed by atoms with Crippen molar-refractivity contribution in [1.82, 2.24) is 0 Å². The third kappa shape index (κ3) is 3.61. The van der Waals surface area contributed by atoms with Gasteiger partial charge in [0.2, 0.25) is 0 Å². The van der Waals surface area contributed by atoms with Crippen LogP contribution in [-0.2, 0) is 22.4 Å². The van der Waals surface area contributed by atoms with Crippen LogP contribution in [0.25, 0.3) is 5.76 Å². The summed E-state index contributed by atoms with van der Waals surface area (Å²) in [5.74, 6) is -1.15. The Labute approximate surface area is 192 Å². The quantitative estimate of drug-likeness (QED) is 0.355. The van der Waals surface area contributed by atoms with Crippen LogP contribution < -0.4 is 9.80 Å². The summed E-state index contributed by atoms with van der Waals surface area (Å²) in [5.41, 5.74) is 4.60. The summed E-state index contributed by atoms with van der Waals surface area (Å²) >= 11 is 0. The van der Waals surface area contributed by atoms with Gasteiger partial charge in [-0.1, -0.05) is 12.1 Å². The Morgan fingerprint density at radius 1 is 1.00 bits per heavy atom. The molecule has 3 aromatic rings. The lowest BCUT2D eigenvalue weighted by molar-refractivity contribution is -0.132. The zero-order chi connectivity index (χ0) is 23.1. The summed E-state index contributed by atoms with van der Waals surface area (Å²) in [7, 11) is 3.87. The third-order valence-corrected chi connectivity index (χ3v) is 6.52. The lowest BCUT2D eigenvalue weighted by Gasteiger charge is -2.24. The molecule has 5 rings (SSSR count). The van der Waals surface area contributed by atoms with Crippen molar-refractivity contribution >= 4 is 28.8 Å². The minimum absolute atomic E-state index is 0.0439. The van der Waals surface area contributed by atoms with E-state index in [9.17, 15) is 14.7 Å². The molecular formula is C27H26N2O4. The second-order valence-corrected chi connectivity index (χ2v) is 8.79. The van der Waals surface area contributed by atoms with Crippen LogP contribution >= 0.6 is 0 Å². The van der Waals surface area contributed by atoms with Crippen LogP contribution in [0.4, 0.5) is 11.4 Å². The average Bonchev–Trinajstić information content (AvgIpc) is 3.45. The van der Waals surface area contributed by atoms with Gasteiger partial charge < -0.3 is 14.4 Å². The van der Waals surface area contributed by atoms with Crippen LogP contribution in [0.5, 0.6) is 0 Å². The molecule has 6 heteroatoms. The Hall–Kier alpha value is -3.80. The number of ketones is 1. The topological polar surface area (TPSA) is 74.0 Å². The number of aliphatic hydroxyl groups excluding tert-OH is 1. The number of furan rings is 1. The molecule has 1 fully saturated rings. The van der Waals surface area contributed by atoms with Gasteiger partial charge in [-0.05, 0) is 79.3 Å². The summed E-state index contributed by atoms with van der Waals surface area (Å²) in [6.07, 6.45) is 5.75. The highest BCUT2D eigenvalue weighted by molar-refractivity contribution is 6.51. The van der Waals surface area contributed by atoms with Crippen LogP contribution in [-0.4, -0.2) is 30.9 Å². The summed E-state index contributed by atoms with van der Waals surface area (Å²) in [4.78, 5) is 29.8. The van der Waals surface area contributed by atoms with Gasteiger partial charge in [0.25, 0.3) is 11.7 Å². The van der Waals surface area contributed by atoms with E-state index in [1.54, 1.807) is 24.3 Å². The highest BCUT2D eigenvalue weighted by Crippen LogP contribution is 2.42. The molecule has 1 N–H and O–H groups in total. The second-order valence-electron chi connectivity index (χ2n) is 8.79. The van der Waals surface area contributed by atoms with E-state index >= 15 is 0 Å². The molecule has 2 aliphatic rings. The maximum Gasteiger partial charge on any atom is 0.300 e. The lowest BCUT2D eigenvalue weighted by atomic mass is 9.89. The number of rotatable bonds is 4. The predicted octanol–water partition coefficient (Wildman–Crippen LogP) is 4.85. The highest BCUT2D eigenvalue weighted by atomic mass is 16.3. The van der Waals surface area contributed by atoms with Crippen LogP contribution in [0.2, 0.25) is 0 Å². The minimum Gasteiger partial charge on any atom is -0.507 e. The average molecular weight is 443 g/mol. The van der Waals surface area contributed by atoms with E-state index in [-0.39, 0.29) is 11.3 Å². The molecule has 1 saturated heterocycles. The molecule has 2 heterocycles. The van der Waals surface area contributed by atoms with Gasteiger partial charge in [0.15, 0.2) is 0 Å². The SMILES string of the molecule is CN(C)c1ccc(N2C(=O)C(=O)/C(=C(\O)c3ccc4c(c3)CCCC4)C2c2ccco2)cc1. The molecule has 1 aliphatic heterocycles. The van der Waals surface area contributed by atoms with Gasteiger partial charge in [0.05, 0.1) is 11.8 Å². The predicted molar refractivity (Wildman–Crippen MR) is 127 cm³/mol. The van der Waals surface area contributed by atoms with Crippen LogP contribution in [0.15, 0.2) is 70.9 Å². The number of aryl methyl sites for hydroxylation is 2. The number of anilines is 2. The molecule has 1 amide bonds. The van der Waals surface area contributed by atoms with E-state index in [0.717, 1.165) is 31.4 Å². The number of carbonyl (C=O) groups is 2. The van der Waals surface area contributed by atoms with Crippen LogP contribution in [0.3, 0.4) is 0 Å². The second kappa shape index (κ2) is 8.28. The Bertz CT molecular complexity index is 1240. The minimum atomic E-state index is -0.846. The fourth-order valence-corrected chi connectivity index (χ4v) is 4.76. The normalized spacial score (nSPS) is 19.6. The lowest BCUT2D eigenvalue weighted by Crippen LogP contribution is -2.29. The molecule has 0 radical (unpaired) electrons. The van der Waals surface area contributed by atoms with Crippen molar-refractivity contribution in [3.8, 4) is 0 Å². The van der Waals surface area contributed by atoms with Crippen molar-refractivity contribution in [3.63, 3.8) is 0 Å². The molecule has 6 nitrogen and oxygen atoms in total. The number of nitrogens with zero attached hydrogens (tertiary/aromatic N) is 2. The summed E-state index contributed by atoms with van der Waals surface area (Å²) < 4.78 is 5.63. The van der Waals surface area contributed by atoms with E-state index in [1.165, 1.54) is 22.3 Å². The van der Waals surface area contributed by atoms with Crippen LogP contribution in [0, 0.1) is 0 Å². The Morgan fingerprint density at radius 2 is 1.73 bits per heavy atom. The maximum absolute atomic E-state index is 13.2. The number of fused-ring (bicyclic) bond motifs is 1. The van der Waals surface area contributed by atoms with Gasteiger partial charge in [-0.2, -0.15) is 0 Å². The first kappa shape index (κ1) is 21.1. The summed E-state index contributed by atoms with van der Waals surface area (Å²) in [6, 6.07) is 15.8. The molecule has 1 aliphatic carbocycles. The maximum atomic E-state index is 13.2. The fourth-order valence-electron chi connectivity index (χ4n) is 4.76. The summed E-state index contributed by atoms with van der Waals surface area (Å²) in [5, 5.41) is 11.3. The molecule has 1 unspecified atom stereocenters. The first-order valence-corrected chi connectivity index (χ1v) is 11.2. The van der Waals surface area contributed by atoms with Crippen molar-refractivity contribution in [1.29, 1.82) is 0 Å². The number of benzene rings is 2. The van der Waals surface area contributed by atoms with Gasteiger partial charge >= 0.3 is 0 Å². The van der Waals surface area contributed by atoms with Gasteiger partial charge in [0, 0.05) is 31.0 Å². The molecule has 168 valence electrons. The van der Waals surface area contributed by atoms with Crippen molar-refractivity contribution in [3.05, 3.63) is 88.9 Å². The molecular weight excluding hydrogens is 416 g/mol. The van der Waals surface area contributed by atoms with Gasteiger partial charge in [-0.25, -0.2) is 0 Å². The standard InChI is InChI=1S/C27H26N2O4/c1-28(2)20-11-13-21(14-12-20)29-24(22-8-5-15-33-22)23(26(31)27(29)32)25(30)19-10-9-17-6-3-4-7-18(17)16-19/h5,8-16,24,30H,3-4,6-7H2,1-2H3/b25-23-. The first-order valence-electron chi connectivity index (χ1n) is 11.2. The number of Topliss-reactive ketones (excluding diaryl/α,β-unsaturated/α-hetero) is 1. The fraction of sp³-hybridized carbons (Fsp3) is 0.259. The Balaban J connectivity index is 1.63. The number of hydrogen-bond acceptors (Lipinski definition) is 5. The van der Waals surface area contributed by atoms with Crippen molar-refractivity contribution in [2.75, 3.05) is 23.9 Å². The van der Waals surface area contributed by atoms with Gasteiger partial charge in [-0.15, -0.1) is 0 Å². The zero-order valence-corrected chi connectivity index (χ0v) is 18.7. The molecule has 0 saturated carbocycles. The van der Waals surface area contributed by atoms with E-state index in [4.69, 9.17) is 4.42 Å². The number of aliphatic hydroxyl groups is 1. The number of carbonyl (C=O) groups excluding carboxylic acids is 2. The smallest absolute Gasteiger partial charge is 0.300 e. The van der Waals surface area contributed by atoms with Crippen LogP contribution in [0.1, 0.15) is 41.3 Å². The molecule has 1 atom stereocenters. The molecule has 0 bridgehead atoms. The Morgan fingerprint density at radius 3 is 2.39 bits per heavy atom. The van der Waals surface area contributed by atoms with E-state index < -0.39 is 17.7 Å². The number of amides is 1. The highest BCUT2D eigenvalue weighted by Gasteiger charge is 2.48. The Kier molecular flexibility index (Phi) is 5.29. The van der Waals surface area contributed by atoms with Gasteiger partial charge in [0.1, 0.15) is 17.6 Å². The largest absolute Gasteiger partial charge is 0.507 e. The number of hydrogen-bond donors (Lipinski definition) is 1. The van der Waals surface area contributed by atoms with E-state index in [2.05, 4.69) is 0 Å². The first-order chi connectivity index (χ1) is 16.0. The van der Waals surface area contributed by atoms with E-state index in [0.29, 0.717) is 17.0 Å². The van der Waals surface area contributed by atoms with Crippen molar-refractivity contribution in [2.24, 2.45) is 0 Å². The van der Waals surface area contributed by atoms with E-state index in [1.807, 2.05) is 49.3 Å². The third-order valence-electron chi connectivity index (χ3n) is 6.52. The molecule has 2 aromatic carbocycles. The van der Waals surface area contributed by atoms with Crippen molar-refractivity contribution < 1.29 is 19.1 Å². The van der Waals surface area contributed by atoms with Gasteiger partial charge in [-0.3, -0.25) is 14.5 Å². The van der Waals surface area contributed by atoms with Crippen molar-refractivity contribution in [2.45, 2.75) is 31.7 Å². The zero-order valence-electron chi connectivity index (χ0n) is 18.7. The molecule has 0 spiro atoms. The summed E-state index contributed by atoms with van der Waals surface area (Å²) in [6.45, 7) is 0.